The molecule has 1 atom stereocenters. The molecule has 3 heterocycles. The highest BCUT2D eigenvalue weighted by Gasteiger charge is 2.32. The van der Waals surface area contributed by atoms with Crippen LogP contribution >= 0.6 is 0 Å². The summed E-state index contributed by atoms with van der Waals surface area (Å²) < 4.78 is 21.6. The van der Waals surface area contributed by atoms with Crippen molar-refractivity contribution in [3.8, 4) is 22.8 Å². The van der Waals surface area contributed by atoms with E-state index in [1.54, 1.807) is 18.2 Å². The summed E-state index contributed by atoms with van der Waals surface area (Å²) in [5, 5.41) is 9.09. The average molecular weight is 360 g/mol. The highest BCUT2D eigenvalue weighted by atomic mass is 16.6. The van der Waals surface area contributed by atoms with Gasteiger partial charge in [-0.1, -0.05) is 0 Å². The van der Waals surface area contributed by atoms with Crippen molar-refractivity contribution in [2.24, 2.45) is 0 Å². The largest absolute Gasteiger partial charge is 0.486 e. The number of hydrogen-bond donors (Lipinski definition) is 1. The number of fused-ring (bicyclic) bond motifs is 1. The number of aliphatic carboxylic acids is 1. The Morgan fingerprint density at radius 1 is 1.15 bits per heavy atom. The first kappa shape index (κ1) is 16.4. The molecular weight excluding hydrogens is 344 g/mol. The molecule has 0 unspecified atom stereocenters. The summed E-state index contributed by atoms with van der Waals surface area (Å²) in [7, 11) is 0. The van der Waals surface area contributed by atoms with Gasteiger partial charge >= 0.3 is 5.97 Å². The summed E-state index contributed by atoms with van der Waals surface area (Å²) in [5.74, 6) is -0.0102. The standard InChI is InChI=1S/C17H16N2O7/c20-16(19-3-4-23-13(8-19)17(21)22)14-15(26-9-18-14)10-1-2-11-12(7-10)25-6-5-24-11/h1-2,7,9,13H,3-6,8H2,(H,21,22)/t13-/m1/s1. The molecule has 26 heavy (non-hydrogen) atoms. The summed E-state index contributed by atoms with van der Waals surface area (Å²) in [5.41, 5.74) is 0.742. The lowest BCUT2D eigenvalue weighted by atomic mass is 10.1. The van der Waals surface area contributed by atoms with E-state index < -0.39 is 18.0 Å². The molecule has 2 aliphatic heterocycles. The van der Waals surface area contributed by atoms with Crippen LogP contribution in [0.2, 0.25) is 0 Å². The molecule has 2 aromatic rings. The van der Waals surface area contributed by atoms with Crippen LogP contribution in [0, 0.1) is 0 Å². The minimum atomic E-state index is -1.10. The zero-order valence-corrected chi connectivity index (χ0v) is 13.7. The van der Waals surface area contributed by atoms with Crippen molar-refractivity contribution in [3.05, 3.63) is 30.3 Å². The molecule has 0 bridgehead atoms. The van der Waals surface area contributed by atoms with Crippen LogP contribution in [0.25, 0.3) is 11.3 Å². The van der Waals surface area contributed by atoms with Gasteiger partial charge in [0.05, 0.1) is 13.2 Å². The van der Waals surface area contributed by atoms with Gasteiger partial charge in [-0.3, -0.25) is 4.79 Å². The molecule has 1 fully saturated rings. The van der Waals surface area contributed by atoms with Crippen LogP contribution in [-0.4, -0.2) is 65.9 Å². The summed E-state index contributed by atoms with van der Waals surface area (Å²) in [6, 6.07) is 5.23. The molecule has 136 valence electrons. The first-order valence-corrected chi connectivity index (χ1v) is 8.10. The molecule has 0 radical (unpaired) electrons. The van der Waals surface area contributed by atoms with Gasteiger partial charge in [-0.05, 0) is 18.2 Å². The lowest BCUT2D eigenvalue weighted by molar-refractivity contribution is -0.154. The van der Waals surface area contributed by atoms with Crippen molar-refractivity contribution in [3.63, 3.8) is 0 Å². The van der Waals surface area contributed by atoms with Gasteiger partial charge in [0.2, 0.25) is 0 Å². The zero-order valence-electron chi connectivity index (χ0n) is 13.7. The molecule has 1 amide bonds. The Hall–Kier alpha value is -3.07. The third-order valence-corrected chi connectivity index (χ3v) is 4.20. The molecule has 9 heteroatoms. The number of ether oxygens (including phenoxy) is 3. The molecule has 2 aliphatic rings. The number of hydrogen-bond acceptors (Lipinski definition) is 7. The number of aromatic nitrogens is 1. The van der Waals surface area contributed by atoms with E-state index >= 15 is 0 Å². The van der Waals surface area contributed by atoms with Crippen LogP contribution in [-0.2, 0) is 9.53 Å². The molecule has 0 spiro atoms. The first-order valence-electron chi connectivity index (χ1n) is 8.10. The van der Waals surface area contributed by atoms with E-state index in [4.69, 9.17) is 23.7 Å². The molecule has 4 rings (SSSR count). The minimum absolute atomic E-state index is 0.0401. The van der Waals surface area contributed by atoms with Gasteiger partial charge < -0.3 is 28.6 Å². The number of carbonyl (C=O) groups excluding carboxylic acids is 1. The van der Waals surface area contributed by atoms with E-state index in [2.05, 4.69) is 4.98 Å². The highest BCUT2D eigenvalue weighted by molar-refractivity contribution is 5.98. The third kappa shape index (κ3) is 2.97. The lowest BCUT2D eigenvalue weighted by Gasteiger charge is -2.30. The van der Waals surface area contributed by atoms with E-state index in [-0.39, 0.29) is 25.4 Å². The second-order valence-electron chi connectivity index (χ2n) is 5.84. The molecule has 9 nitrogen and oxygen atoms in total. The van der Waals surface area contributed by atoms with Gasteiger partial charge in [0.1, 0.15) is 13.2 Å². The monoisotopic (exact) mass is 360 g/mol. The maximum Gasteiger partial charge on any atom is 0.334 e. The van der Waals surface area contributed by atoms with Crippen molar-refractivity contribution in [2.45, 2.75) is 6.10 Å². The molecule has 1 aromatic heterocycles. The predicted octanol–water partition coefficient (Wildman–Crippen LogP) is 1.04. The topological polar surface area (TPSA) is 111 Å². The van der Waals surface area contributed by atoms with Gasteiger partial charge in [0, 0.05) is 12.1 Å². The van der Waals surface area contributed by atoms with E-state index in [1.807, 2.05) is 0 Å². The van der Waals surface area contributed by atoms with Crippen molar-refractivity contribution < 1.29 is 33.3 Å². The molecule has 0 aliphatic carbocycles. The maximum absolute atomic E-state index is 12.8. The van der Waals surface area contributed by atoms with Crippen LogP contribution < -0.4 is 9.47 Å². The van der Waals surface area contributed by atoms with Crippen molar-refractivity contribution in [1.29, 1.82) is 0 Å². The van der Waals surface area contributed by atoms with Crippen molar-refractivity contribution in [2.75, 3.05) is 32.9 Å². The average Bonchev–Trinajstić information content (AvgIpc) is 3.17. The maximum atomic E-state index is 12.8. The van der Waals surface area contributed by atoms with E-state index in [9.17, 15) is 9.59 Å². The number of carboxylic acids is 1. The number of carbonyl (C=O) groups is 2. The molecular formula is C17H16N2O7. The smallest absolute Gasteiger partial charge is 0.334 e. The minimum Gasteiger partial charge on any atom is -0.486 e. The van der Waals surface area contributed by atoms with Crippen LogP contribution in [0.5, 0.6) is 11.5 Å². The zero-order chi connectivity index (χ0) is 18.1. The van der Waals surface area contributed by atoms with E-state index in [1.165, 1.54) is 11.3 Å². The van der Waals surface area contributed by atoms with Gasteiger partial charge in [-0.25, -0.2) is 9.78 Å². The van der Waals surface area contributed by atoms with Crippen molar-refractivity contribution >= 4 is 11.9 Å². The summed E-state index contributed by atoms with van der Waals surface area (Å²) in [4.78, 5) is 29.4. The first-order chi connectivity index (χ1) is 12.6. The molecule has 0 saturated carbocycles. The number of benzene rings is 1. The second-order valence-corrected chi connectivity index (χ2v) is 5.84. The summed E-state index contributed by atoms with van der Waals surface area (Å²) in [6.45, 7) is 1.33. The number of morpholine rings is 1. The van der Waals surface area contributed by atoms with Gasteiger partial charge in [-0.2, -0.15) is 0 Å². The Balaban J connectivity index is 1.60. The van der Waals surface area contributed by atoms with Gasteiger partial charge in [0.15, 0.2) is 35.5 Å². The number of amides is 1. The Morgan fingerprint density at radius 2 is 1.96 bits per heavy atom. The van der Waals surface area contributed by atoms with Crippen LogP contribution in [0.3, 0.4) is 0 Å². The number of oxazole rings is 1. The second kappa shape index (κ2) is 6.68. The molecule has 1 N–H and O–H groups in total. The van der Waals surface area contributed by atoms with Crippen LogP contribution in [0.15, 0.2) is 29.0 Å². The Labute approximate surface area is 148 Å². The van der Waals surface area contributed by atoms with Gasteiger partial charge in [-0.15, -0.1) is 0 Å². The highest BCUT2D eigenvalue weighted by Crippen LogP contribution is 2.35. The Bertz CT molecular complexity index is 847. The fourth-order valence-electron chi connectivity index (χ4n) is 2.92. The SMILES string of the molecule is O=C(O)[C@H]1CN(C(=O)c2ncoc2-c2ccc3c(c2)OCCO3)CCO1. The van der Waals surface area contributed by atoms with E-state index in [0.29, 0.717) is 36.0 Å². The molecule has 1 aromatic carbocycles. The Morgan fingerprint density at radius 3 is 2.77 bits per heavy atom. The predicted molar refractivity (Wildman–Crippen MR) is 86.2 cm³/mol. The fraction of sp³-hybridized carbons (Fsp3) is 0.353. The van der Waals surface area contributed by atoms with Crippen LogP contribution in [0.1, 0.15) is 10.5 Å². The number of rotatable bonds is 3. The quantitative estimate of drug-likeness (QED) is 0.864. The molecule has 1 saturated heterocycles. The number of carboxylic acid groups (broad SMARTS) is 1. The summed E-state index contributed by atoms with van der Waals surface area (Å²) >= 11 is 0. The van der Waals surface area contributed by atoms with Crippen molar-refractivity contribution in [1.82, 2.24) is 9.88 Å². The normalized spacial score (nSPS) is 19.2. The third-order valence-electron chi connectivity index (χ3n) is 4.20. The number of nitrogens with zero attached hydrogens (tertiary/aromatic N) is 2. The summed E-state index contributed by atoms with van der Waals surface area (Å²) in [6.07, 6.45) is 0.145. The Kier molecular flexibility index (Phi) is 4.21. The lowest BCUT2D eigenvalue weighted by Crippen LogP contribution is -2.48. The van der Waals surface area contributed by atoms with Crippen LogP contribution in [0.4, 0.5) is 0 Å². The van der Waals surface area contributed by atoms with Gasteiger partial charge in [0.25, 0.3) is 5.91 Å². The van der Waals surface area contributed by atoms with E-state index in [0.717, 1.165) is 0 Å². The fourth-order valence-corrected chi connectivity index (χ4v) is 2.92.